The Balaban J connectivity index is 2.27. The molecular formula is C23H33N3O4S. The fraction of sp³-hybridized carbons (Fsp3) is 0.478. The van der Waals surface area contributed by atoms with Crippen LogP contribution in [0.4, 0.5) is 0 Å². The van der Waals surface area contributed by atoms with Gasteiger partial charge in [-0.25, -0.2) is 8.42 Å². The number of sulfonamides is 1. The van der Waals surface area contributed by atoms with Crippen molar-refractivity contribution >= 4 is 15.9 Å². The summed E-state index contributed by atoms with van der Waals surface area (Å²) in [6, 6.07) is 11.9. The van der Waals surface area contributed by atoms with Crippen LogP contribution >= 0.6 is 0 Å². The van der Waals surface area contributed by atoms with E-state index < -0.39 is 15.6 Å². The molecular weight excluding hydrogens is 414 g/mol. The van der Waals surface area contributed by atoms with Gasteiger partial charge in [0.05, 0.1) is 10.9 Å². The van der Waals surface area contributed by atoms with Crippen LogP contribution < -0.4 is 10.9 Å². The zero-order chi connectivity index (χ0) is 23.2. The molecule has 0 aliphatic carbocycles. The van der Waals surface area contributed by atoms with Crippen molar-refractivity contribution in [2.75, 3.05) is 13.1 Å². The molecule has 1 N–H and O–H groups in total. The normalized spacial score (nSPS) is 13.2. The number of carbonyl (C=O) groups excluding carboxylic acids is 1. The van der Waals surface area contributed by atoms with Crippen molar-refractivity contribution in [2.45, 2.75) is 58.5 Å². The third-order valence-electron chi connectivity index (χ3n) is 4.97. The first-order chi connectivity index (χ1) is 14.5. The molecule has 0 spiro atoms. The van der Waals surface area contributed by atoms with Crippen LogP contribution in [0, 0.1) is 5.41 Å². The van der Waals surface area contributed by atoms with Gasteiger partial charge in [0.2, 0.25) is 15.9 Å². The fourth-order valence-corrected chi connectivity index (χ4v) is 4.92. The van der Waals surface area contributed by atoms with Crippen LogP contribution in [0.15, 0.2) is 58.4 Å². The predicted octanol–water partition coefficient (Wildman–Crippen LogP) is 3.17. The summed E-state index contributed by atoms with van der Waals surface area (Å²) < 4.78 is 28.0. The minimum atomic E-state index is -3.72. The SMILES string of the molecule is CCN(CC)S(=O)(=O)c1ccc(=O)n(CC(=O)NC(CC(C)(C)C)c2ccccc2)c1. The Morgan fingerprint density at radius 1 is 1.06 bits per heavy atom. The summed E-state index contributed by atoms with van der Waals surface area (Å²) in [6.07, 6.45) is 1.96. The van der Waals surface area contributed by atoms with Crippen LogP contribution in [0.3, 0.4) is 0 Å². The maximum absolute atomic E-state index is 12.8. The second-order valence-corrected chi connectivity index (χ2v) is 10.7. The van der Waals surface area contributed by atoms with E-state index in [2.05, 4.69) is 26.1 Å². The highest BCUT2D eigenvalue weighted by atomic mass is 32.2. The maximum atomic E-state index is 12.8. The molecule has 1 aromatic heterocycles. The highest BCUT2D eigenvalue weighted by Crippen LogP contribution is 2.29. The average molecular weight is 448 g/mol. The van der Waals surface area contributed by atoms with Gasteiger partial charge in [-0.3, -0.25) is 9.59 Å². The minimum Gasteiger partial charge on any atom is -0.348 e. The number of benzene rings is 1. The maximum Gasteiger partial charge on any atom is 0.251 e. The van der Waals surface area contributed by atoms with Crippen LogP contribution in [-0.2, 0) is 21.4 Å². The Kier molecular flexibility index (Phi) is 8.20. The second kappa shape index (κ2) is 10.2. The first-order valence-corrected chi connectivity index (χ1v) is 12.0. The van der Waals surface area contributed by atoms with E-state index in [9.17, 15) is 18.0 Å². The van der Waals surface area contributed by atoms with Gasteiger partial charge in [0.25, 0.3) is 5.56 Å². The fourth-order valence-electron chi connectivity index (χ4n) is 3.44. The molecule has 0 saturated carbocycles. The topological polar surface area (TPSA) is 88.5 Å². The van der Waals surface area contributed by atoms with Crippen molar-refractivity contribution in [3.05, 3.63) is 64.6 Å². The van der Waals surface area contributed by atoms with Gasteiger partial charge in [0.1, 0.15) is 6.54 Å². The quantitative estimate of drug-likeness (QED) is 0.639. The number of hydrogen-bond donors (Lipinski definition) is 1. The Hall–Kier alpha value is -2.45. The van der Waals surface area contributed by atoms with Crippen molar-refractivity contribution in [3.63, 3.8) is 0 Å². The van der Waals surface area contributed by atoms with Gasteiger partial charge < -0.3 is 9.88 Å². The van der Waals surface area contributed by atoms with Gasteiger partial charge in [-0.05, 0) is 23.5 Å². The number of carbonyl (C=O) groups is 1. The van der Waals surface area contributed by atoms with Crippen LogP contribution in [0.1, 0.15) is 52.6 Å². The summed E-state index contributed by atoms with van der Waals surface area (Å²) in [7, 11) is -3.72. The molecule has 1 aromatic carbocycles. The van der Waals surface area contributed by atoms with Gasteiger partial charge in [0.15, 0.2) is 0 Å². The lowest BCUT2D eigenvalue weighted by molar-refractivity contribution is -0.122. The lowest BCUT2D eigenvalue weighted by Crippen LogP contribution is -2.36. The smallest absolute Gasteiger partial charge is 0.251 e. The van der Waals surface area contributed by atoms with Crippen molar-refractivity contribution in [2.24, 2.45) is 5.41 Å². The van der Waals surface area contributed by atoms with E-state index in [1.165, 1.54) is 22.6 Å². The Labute approximate surface area is 185 Å². The second-order valence-electron chi connectivity index (χ2n) is 8.72. The van der Waals surface area contributed by atoms with E-state index in [-0.39, 0.29) is 28.8 Å². The molecule has 1 amide bonds. The van der Waals surface area contributed by atoms with Crippen molar-refractivity contribution in [1.82, 2.24) is 14.2 Å². The minimum absolute atomic E-state index is 0.00194. The molecule has 0 aliphatic rings. The number of aromatic nitrogens is 1. The molecule has 1 atom stereocenters. The summed E-state index contributed by atoms with van der Waals surface area (Å²) in [5.74, 6) is -0.349. The molecule has 1 unspecified atom stereocenters. The lowest BCUT2D eigenvalue weighted by atomic mass is 9.85. The molecule has 0 fully saturated rings. The molecule has 2 rings (SSSR count). The largest absolute Gasteiger partial charge is 0.348 e. The molecule has 2 aromatic rings. The molecule has 0 radical (unpaired) electrons. The molecule has 31 heavy (non-hydrogen) atoms. The number of hydrogen-bond acceptors (Lipinski definition) is 4. The lowest BCUT2D eigenvalue weighted by Gasteiger charge is -2.27. The van der Waals surface area contributed by atoms with Crippen molar-refractivity contribution in [3.8, 4) is 0 Å². The van der Waals surface area contributed by atoms with E-state index >= 15 is 0 Å². The summed E-state index contributed by atoms with van der Waals surface area (Å²) in [4.78, 5) is 25.1. The number of pyridine rings is 1. The molecule has 0 aliphatic heterocycles. The van der Waals surface area contributed by atoms with E-state index in [4.69, 9.17) is 0 Å². The summed E-state index contributed by atoms with van der Waals surface area (Å²) in [6.45, 7) is 10.2. The summed E-state index contributed by atoms with van der Waals surface area (Å²) in [5.41, 5.74) is 0.527. The van der Waals surface area contributed by atoms with Crippen LogP contribution in [0.5, 0.6) is 0 Å². The highest BCUT2D eigenvalue weighted by Gasteiger charge is 2.24. The standard InChI is InChI=1S/C23H33N3O4S/c1-6-26(7-2)31(29,30)19-13-14-22(28)25(16-19)17-21(27)24-20(15-23(3,4)5)18-11-9-8-10-12-18/h8-14,16,20H,6-7,15,17H2,1-5H3,(H,24,27). The average Bonchev–Trinajstić information content (AvgIpc) is 2.69. The van der Waals surface area contributed by atoms with Crippen molar-refractivity contribution in [1.29, 1.82) is 0 Å². The Morgan fingerprint density at radius 2 is 1.68 bits per heavy atom. The van der Waals surface area contributed by atoms with Gasteiger partial charge in [-0.1, -0.05) is 65.0 Å². The van der Waals surface area contributed by atoms with E-state index in [0.717, 1.165) is 10.1 Å². The van der Waals surface area contributed by atoms with Gasteiger partial charge in [-0.15, -0.1) is 0 Å². The first-order valence-electron chi connectivity index (χ1n) is 10.5. The Morgan fingerprint density at radius 3 is 2.23 bits per heavy atom. The first kappa shape index (κ1) is 24.8. The van der Waals surface area contributed by atoms with Crippen LogP contribution in [0.2, 0.25) is 0 Å². The van der Waals surface area contributed by atoms with Crippen molar-refractivity contribution < 1.29 is 13.2 Å². The molecule has 7 nitrogen and oxygen atoms in total. The zero-order valence-corrected chi connectivity index (χ0v) is 19.8. The summed E-state index contributed by atoms with van der Waals surface area (Å²) in [5, 5.41) is 3.01. The predicted molar refractivity (Wildman–Crippen MR) is 122 cm³/mol. The molecule has 0 saturated heterocycles. The number of rotatable bonds is 9. The number of amides is 1. The third-order valence-corrected chi connectivity index (χ3v) is 7.00. The molecule has 0 bridgehead atoms. The van der Waals surface area contributed by atoms with Crippen LogP contribution in [-0.4, -0.2) is 36.3 Å². The molecule has 1 heterocycles. The van der Waals surface area contributed by atoms with Gasteiger partial charge in [0, 0.05) is 25.4 Å². The summed E-state index contributed by atoms with van der Waals surface area (Å²) >= 11 is 0. The zero-order valence-electron chi connectivity index (χ0n) is 19.0. The van der Waals surface area contributed by atoms with Gasteiger partial charge in [-0.2, -0.15) is 4.31 Å². The van der Waals surface area contributed by atoms with Crippen LogP contribution in [0.25, 0.3) is 0 Å². The van der Waals surface area contributed by atoms with E-state index in [1.807, 2.05) is 30.3 Å². The highest BCUT2D eigenvalue weighted by molar-refractivity contribution is 7.89. The third kappa shape index (κ3) is 6.77. The Bertz CT molecular complexity index is 1040. The molecule has 8 heteroatoms. The molecule has 170 valence electrons. The monoisotopic (exact) mass is 447 g/mol. The van der Waals surface area contributed by atoms with E-state index in [0.29, 0.717) is 19.5 Å². The number of nitrogens with zero attached hydrogens (tertiary/aromatic N) is 2. The van der Waals surface area contributed by atoms with Gasteiger partial charge >= 0.3 is 0 Å². The number of nitrogens with one attached hydrogen (secondary N) is 1. The van der Waals surface area contributed by atoms with E-state index in [1.54, 1.807) is 13.8 Å².